The second-order valence-corrected chi connectivity index (χ2v) is 5.97. The van der Waals surface area contributed by atoms with E-state index in [1.807, 2.05) is 42.5 Å². The summed E-state index contributed by atoms with van der Waals surface area (Å²) < 4.78 is 7.56. The summed E-state index contributed by atoms with van der Waals surface area (Å²) in [4.78, 5) is 12.4. The first-order valence-electron chi connectivity index (χ1n) is 8.35. The lowest BCUT2D eigenvalue weighted by atomic mass is 10.1. The third kappa shape index (κ3) is 3.26. The largest absolute Gasteiger partial charge is 0.467 e. The Bertz CT molecular complexity index is 842. The van der Waals surface area contributed by atoms with Crippen molar-refractivity contribution < 1.29 is 9.21 Å². The Labute approximate surface area is 145 Å². The highest BCUT2D eigenvalue weighted by Gasteiger charge is 2.21. The minimum Gasteiger partial charge on any atom is -0.467 e. The summed E-state index contributed by atoms with van der Waals surface area (Å²) >= 11 is 0. The van der Waals surface area contributed by atoms with Crippen LogP contribution in [0.4, 0.5) is 4.79 Å². The summed E-state index contributed by atoms with van der Waals surface area (Å²) in [7, 11) is 0. The number of nitrogens with zero attached hydrogens (tertiary/aromatic N) is 3. The number of amides is 2. The third-order valence-electron chi connectivity index (χ3n) is 4.33. The van der Waals surface area contributed by atoms with Gasteiger partial charge in [0.05, 0.1) is 12.8 Å². The normalized spacial score (nSPS) is 14.1. The first-order chi connectivity index (χ1) is 12.3. The van der Waals surface area contributed by atoms with Gasteiger partial charge >= 0.3 is 6.03 Å². The number of carbonyl (C=O) groups excluding carboxylic acids is 1. The van der Waals surface area contributed by atoms with E-state index in [0.29, 0.717) is 12.3 Å². The summed E-state index contributed by atoms with van der Waals surface area (Å²) in [6, 6.07) is 12.8. The molecule has 0 fully saturated rings. The zero-order valence-electron chi connectivity index (χ0n) is 13.7. The first kappa shape index (κ1) is 15.4. The maximum atomic E-state index is 12.4. The van der Waals surface area contributed by atoms with Gasteiger partial charge in [-0.05, 0) is 24.1 Å². The Morgan fingerprint density at radius 2 is 2.08 bits per heavy atom. The van der Waals surface area contributed by atoms with E-state index in [4.69, 9.17) is 4.42 Å². The maximum Gasteiger partial charge on any atom is 0.316 e. The third-order valence-corrected chi connectivity index (χ3v) is 4.33. The molecule has 25 heavy (non-hydrogen) atoms. The fourth-order valence-electron chi connectivity index (χ4n) is 3.10. The van der Waals surface area contributed by atoms with Crippen molar-refractivity contribution >= 4 is 6.03 Å². The molecule has 0 aliphatic carbocycles. The predicted octanol–water partition coefficient (Wildman–Crippen LogP) is 2.41. The van der Waals surface area contributed by atoms with Crippen molar-refractivity contribution in [3.63, 3.8) is 0 Å². The van der Waals surface area contributed by atoms with Crippen LogP contribution in [0.5, 0.6) is 0 Å². The first-order valence-corrected chi connectivity index (χ1v) is 8.35. The van der Waals surface area contributed by atoms with Crippen LogP contribution in [0.15, 0.2) is 53.1 Å². The van der Waals surface area contributed by atoms with E-state index >= 15 is 0 Å². The van der Waals surface area contributed by atoms with Gasteiger partial charge < -0.3 is 19.6 Å². The molecule has 0 spiro atoms. The predicted molar refractivity (Wildman–Crippen MR) is 90.7 cm³/mol. The number of urea groups is 1. The van der Waals surface area contributed by atoms with Gasteiger partial charge in [0, 0.05) is 13.0 Å². The Hall–Kier alpha value is -3.09. The van der Waals surface area contributed by atoms with E-state index in [1.165, 1.54) is 0 Å². The summed E-state index contributed by atoms with van der Waals surface area (Å²) in [5, 5.41) is 14.1. The number of fused-ring (bicyclic) bond motifs is 1. The maximum absolute atomic E-state index is 12.4. The molecule has 128 valence electrons. The van der Waals surface area contributed by atoms with Crippen LogP contribution in [0.25, 0.3) is 0 Å². The van der Waals surface area contributed by atoms with E-state index in [-0.39, 0.29) is 12.1 Å². The highest BCUT2D eigenvalue weighted by atomic mass is 16.3. The molecule has 0 saturated carbocycles. The molecule has 7 heteroatoms. The molecule has 0 radical (unpaired) electrons. The van der Waals surface area contributed by atoms with Crippen LogP contribution in [-0.4, -0.2) is 20.8 Å². The van der Waals surface area contributed by atoms with Crippen molar-refractivity contribution in [2.75, 3.05) is 0 Å². The number of nitrogens with one attached hydrogen (secondary N) is 2. The molecule has 2 N–H and O–H groups in total. The molecule has 1 aliphatic heterocycles. The molecular formula is C18H19N5O2. The molecule has 3 heterocycles. The molecule has 0 saturated heterocycles. The monoisotopic (exact) mass is 337 g/mol. The number of aromatic nitrogens is 3. The van der Waals surface area contributed by atoms with E-state index < -0.39 is 0 Å². The fourth-order valence-corrected chi connectivity index (χ4v) is 3.10. The molecule has 4 rings (SSSR count). The molecule has 1 atom stereocenters. The molecule has 2 amide bonds. The van der Waals surface area contributed by atoms with Crippen LogP contribution in [0.2, 0.25) is 0 Å². The van der Waals surface area contributed by atoms with Gasteiger partial charge in [0.15, 0.2) is 5.82 Å². The van der Waals surface area contributed by atoms with Crippen molar-refractivity contribution in [2.45, 2.75) is 32.0 Å². The molecule has 0 bridgehead atoms. The minimum atomic E-state index is -0.347. The quantitative estimate of drug-likeness (QED) is 0.749. The van der Waals surface area contributed by atoms with Gasteiger partial charge in [-0.25, -0.2) is 4.79 Å². The Kier molecular flexibility index (Phi) is 4.20. The molecule has 1 unspecified atom stereocenters. The number of carbonyl (C=O) groups is 1. The number of benzene rings is 1. The molecular weight excluding hydrogens is 318 g/mol. The number of rotatable bonds is 5. The molecule has 3 aromatic rings. The molecule has 1 aliphatic rings. The zero-order valence-corrected chi connectivity index (χ0v) is 13.7. The summed E-state index contributed by atoms with van der Waals surface area (Å²) in [6.45, 7) is 1.26. The van der Waals surface area contributed by atoms with Gasteiger partial charge in [0.2, 0.25) is 0 Å². The zero-order chi connectivity index (χ0) is 17.1. The lowest BCUT2D eigenvalue weighted by Crippen LogP contribution is -2.38. The average molecular weight is 337 g/mol. The topological polar surface area (TPSA) is 85.0 Å². The van der Waals surface area contributed by atoms with Gasteiger partial charge in [0.1, 0.15) is 17.6 Å². The minimum absolute atomic E-state index is 0.277. The summed E-state index contributed by atoms with van der Waals surface area (Å²) in [6.07, 6.45) is 3.64. The van der Waals surface area contributed by atoms with Gasteiger partial charge in [0.25, 0.3) is 0 Å². The van der Waals surface area contributed by atoms with Crippen molar-refractivity contribution in [3.05, 3.63) is 71.7 Å². The smallest absolute Gasteiger partial charge is 0.316 e. The SMILES string of the molecule is O=C(NCc1nnc2n1CCC2)NC(c1ccccc1)c1ccco1. The van der Waals surface area contributed by atoms with Crippen LogP contribution in [0, 0.1) is 0 Å². The van der Waals surface area contributed by atoms with E-state index in [1.54, 1.807) is 6.26 Å². The summed E-state index contributed by atoms with van der Waals surface area (Å²) in [5.41, 5.74) is 0.955. The number of hydrogen-bond acceptors (Lipinski definition) is 4. The number of hydrogen-bond donors (Lipinski definition) is 2. The second-order valence-electron chi connectivity index (χ2n) is 5.97. The van der Waals surface area contributed by atoms with Crippen LogP contribution < -0.4 is 10.6 Å². The van der Waals surface area contributed by atoms with Crippen LogP contribution in [0.1, 0.15) is 35.4 Å². The Morgan fingerprint density at radius 3 is 2.88 bits per heavy atom. The van der Waals surface area contributed by atoms with Crippen LogP contribution in [-0.2, 0) is 19.5 Å². The average Bonchev–Trinajstić information content (AvgIpc) is 3.37. The van der Waals surface area contributed by atoms with E-state index in [0.717, 1.165) is 36.6 Å². The Morgan fingerprint density at radius 1 is 1.20 bits per heavy atom. The van der Waals surface area contributed by atoms with Crippen molar-refractivity contribution in [2.24, 2.45) is 0 Å². The van der Waals surface area contributed by atoms with Gasteiger partial charge in [-0.3, -0.25) is 0 Å². The number of furan rings is 1. The van der Waals surface area contributed by atoms with Gasteiger partial charge in [-0.2, -0.15) is 0 Å². The molecule has 2 aromatic heterocycles. The number of aryl methyl sites for hydroxylation is 1. The molecule has 7 nitrogen and oxygen atoms in total. The lowest BCUT2D eigenvalue weighted by Gasteiger charge is -2.17. The standard InChI is InChI=1S/C18H19N5O2/c24-18(19-12-16-22-21-15-9-4-10-23(15)16)20-17(14-8-5-11-25-14)13-6-2-1-3-7-13/h1-3,5-8,11,17H,4,9-10,12H2,(H2,19,20,24). The van der Waals surface area contributed by atoms with E-state index in [2.05, 4.69) is 25.4 Å². The molecule has 1 aromatic carbocycles. The van der Waals surface area contributed by atoms with Gasteiger partial charge in [-0.15, -0.1) is 10.2 Å². The highest BCUT2D eigenvalue weighted by molar-refractivity contribution is 5.74. The Balaban J connectivity index is 1.44. The lowest BCUT2D eigenvalue weighted by molar-refractivity contribution is 0.236. The van der Waals surface area contributed by atoms with Crippen LogP contribution in [0.3, 0.4) is 0 Å². The van der Waals surface area contributed by atoms with Gasteiger partial charge in [-0.1, -0.05) is 30.3 Å². The van der Waals surface area contributed by atoms with Crippen molar-refractivity contribution in [1.82, 2.24) is 25.4 Å². The fraction of sp³-hybridized carbons (Fsp3) is 0.278. The van der Waals surface area contributed by atoms with E-state index in [9.17, 15) is 4.79 Å². The van der Waals surface area contributed by atoms with Crippen molar-refractivity contribution in [3.8, 4) is 0 Å². The summed E-state index contributed by atoms with van der Waals surface area (Å²) in [5.74, 6) is 2.47. The highest BCUT2D eigenvalue weighted by Crippen LogP contribution is 2.22. The van der Waals surface area contributed by atoms with Crippen molar-refractivity contribution in [1.29, 1.82) is 0 Å². The van der Waals surface area contributed by atoms with Crippen LogP contribution >= 0.6 is 0 Å². The second kappa shape index (κ2) is 6.80.